The fourth-order valence-corrected chi connectivity index (χ4v) is 1.05. The summed E-state index contributed by atoms with van der Waals surface area (Å²) >= 11 is 0. The summed E-state index contributed by atoms with van der Waals surface area (Å²) in [5.41, 5.74) is 0.0862. The van der Waals surface area contributed by atoms with Crippen molar-refractivity contribution in [1.82, 2.24) is 9.55 Å². The summed E-state index contributed by atoms with van der Waals surface area (Å²) in [6, 6.07) is 0. The van der Waals surface area contributed by atoms with Crippen LogP contribution in [0.1, 0.15) is 28.0 Å². The Morgan fingerprint density at radius 1 is 1.47 bits per heavy atom. The lowest BCUT2D eigenvalue weighted by Crippen LogP contribution is -2.11. The molecule has 0 aliphatic heterocycles. The molecule has 0 aliphatic carbocycles. The molecular weight excluding hydrogens is 200 g/mol. The summed E-state index contributed by atoms with van der Waals surface area (Å²) in [6.45, 7) is 1.96. The van der Waals surface area contributed by atoms with Crippen molar-refractivity contribution >= 4 is 11.9 Å². The molecular formula is C9H12N2O4. The van der Waals surface area contributed by atoms with Gasteiger partial charge >= 0.3 is 11.9 Å². The first-order valence-electron chi connectivity index (χ1n) is 4.39. The fraction of sp³-hybridized carbons (Fsp3) is 0.444. The van der Waals surface area contributed by atoms with Crippen LogP contribution >= 0.6 is 0 Å². The van der Waals surface area contributed by atoms with Gasteiger partial charge in [-0.05, 0) is 6.92 Å². The molecule has 1 aromatic rings. The van der Waals surface area contributed by atoms with Crippen LogP contribution < -0.4 is 0 Å². The average molecular weight is 212 g/mol. The molecule has 6 heteroatoms. The number of carbonyl (C=O) groups excluding carboxylic acids is 2. The van der Waals surface area contributed by atoms with Gasteiger partial charge in [-0.25, -0.2) is 14.6 Å². The highest BCUT2D eigenvalue weighted by Gasteiger charge is 2.18. The van der Waals surface area contributed by atoms with Crippen LogP contribution in [0.15, 0.2) is 6.20 Å². The molecule has 0 unspecified atom stereocenters. The van der Waals surface area contributed by atoms with Crippen molar-refractivity contribution in [3.63, 3.8) is 0 Å². The Hall–Kier alpha value is -1.85. The van der Waals surface area contributed by atoms with Crippen LogP contribution in [-0.2, 0) is 16.5 Å². The van der Waals surface area contributed by atoms with E-state index in [-0.39, 0.29) is 18.1 Å². The Labute approximate surface area is 86.8 Å². The number of esters is 2. The van der Waals surface area contributed by atoms with Gasteiger partial charge in [0.1, 0.15) is 0 Å². The Morgan fingerprint density at radius 2 is 2.13 bits per heavy atom. The zero-order valence-corrected chi connectivity index (χ0v) is 8.81. The van der Waals surface area contributed by atoms with Crippen LogP contribution in [0.2, 0.25) is 0 Å². The number of rotatable bonds is 3. The quantitative estimate of drug-likeness (QED) is 0.677. The molecule has 0 fully saturated rings. The maximum atomic E-state index is 11.3. The Kier molecular flexibility index (Phi) is 3.43. The monoisotopic (exact) mass is 212 g/mol. The van der Waals surface area contributed by atoms with Gasteiger partial charge in [-0.2, -0.15) is 0 Å². The molecule has 1 aromatic heterocycles. The maximum absolute atomic E-state index is 11.3. The van der Waals surface area contributed by atoms with Crippen molar-refractivity contribution in [2.45, 2.75) is 6.92 Å². The van der Waals surface area contributed by atoms with E-state index < -0.39 is 11.9 Å². The second kappa shape index (κ2) is 4.59. The van der Waals surface area contributed by atoms with Gasteiger partial charge in [-0.15, -0.1) is 0 Å². The molecule has 0 aliphatic rings. The van der Waals surface area contributed by atoms with Gasteiger partial charge in [0.2, 0.25) is 5.82 Å². The van der Waals surface area contributed by atoms with Gasteiger partial charge < -0.3 is 14.0 Å². The van der Waals surface area contributed by atoms with Crippen molar-refractivity contribution in [2.75, 3.05) is 13.7 Å². The lowest BCUT2D eigenvalue weighted by Gasteiger charge is -1.99. The van der Waals surface area contributed by atoms with Gasteiger partial charge in [0.25, 0.3) is 0 Å². The molecule has 0 aromatic carbocycles. The summed E-state index contributed by atoms with van der Waals surface area (Å²) in [7, 11) is 2.85. The topological polar surface area (TPSA) is 70.4 Å². The molecule has 0 radical (unpaired) electrons. The number of ether oxygens (including phenoxy) is 2. The van der Waals surface area contributed by atoms with Gasteiger partial charge in [0.15, 0.2) is 5.69 Å². The van der Waals surface area contributed by atoms with Gasteiger partial charge in [0, 0.05) is 13.2 Å². The molecule has 82 valence electrons. The summed E-state index contributed by atoms with van der Waals surface area (Å²) in [5.74, 6) is -1.06. The smallest absolute Gasteiger partial charge is 0.374 e. The van der Waals surface area contributed by atoms with E-state index in [1.165, 1.54) is 17.9 Å². The number of methoxy groups -OCH3 is 1. The molecule has 0 amide bonds. The van der Waals surface area contributed by atoms with Crippen molar-refractivity contribution in [3.8, 4) is 0 Å². The van der Waals surface area contributed by atoms with Crippen molar-refractivity contribution < 1.29 is 19.1 Å². The zero-order chi connectivity index (χ0) is 11.4. The van der Waals surface area contributed by atoms with E-state index in [0.29, 0.717) is 0 Å². The minimum atomic E-state index is -0.582. The molecule has 0 spiro atoms. The molecule has 6 nitrogen and oxygen atoms in total. The fourth-order valence-electron chi connectivity index (χ4n) is 1.05. The normalized spacial score (nSPS) is 9.80. The highest BCUT2D eigenvalue weighted by atomic mass is 16.5. The van der Waals surface area contributed by atoms with Crippen molar-refractivity contribution in [1.29, 1.82) is 0 Å². The molecule has 0 atom stereocenters. The zero-order valence-electron chi connectivity index (χ0n) is 8.81. The SMILES string of the molecule is CCOC(=O)c1nc(C(=O)OC)cn1C. The number of carbonyl (C=O) groups is 2. The third-order valence-corrected chi connectivity index (χ3v) is 1.73. The number of imidazole rings is 1. The van der Waals surface area contributed by atoms with E-state index in [0.717, 1.165) is 0 Å². The largest absolute Gasteiger partial charge is 0.464 e. The van der Waals surface area contributed by atoms with E-state index in [1.54, 1.807) is 14.0 Å². The second-order valence-electron chi connectivity index (χ2n) is 2.77. The van der Waals surface area contributed by atoms with Crippen molar-refractivity contribution in [2.24, 2.45) is 7.05 Å². The minimum Gasteiger partial charge on any atom is -0.464 e. The van der Waals surface area contributed by atoms with Crippen LogP contribution in [0.3, 0.4) is 0 Å². The molecule has 15 heavy (non-hydrogen) atoms. The third-order valence-electron chi connectivity index (χ3n) is 1.73. The van der Waals surface area contributed by atoms with E-state index in [2.05, 4.69) is 9.72 Å². The Balaban J connectivity index is 2.96. The second-order valence-corrected chi connectivity index (χ2v) is 2.77. The highest BCUT2D eigenvalue weighted by Crippen LogP contribution is 2.04. The molecule has 0 bridgehead atoms. The molecule has 0 N–H and O–H groups in total. The van der Waals surface area contributed by atoms with E-state index in [1.807, 2.05) is 0 Å². The molecule has 1 rings (SSSR count). The van der Waals surface area contributed by atoms with E-state index in [9.17, 15) is 9.59 Å². The molecule has 0 saturated carbocycles. The van der Waals surface area contributed by atoms with Crippen LogP contribution in [0.4, 0.5) is 0 Å². The van der Waals surface area contributed by atoms with E-state index in [4.69, 9.17) is 4.74 Å². The van der Waals surface area contributed by atoms with Crippen molar-refractivity contribution in [3.05, 3.63) is 17.7 Å². The number of hydrogen-bond donors (Lipinski definition) is 0. The van der Waals surface area contributed by atoms with Gasteiger partial charge in [-0.1, -0.05) is 0 Å². The average Bonchev–Trinajstić information content (AvgIpc) is 2.59. The standard InChI is InChI=1S/C9H12N2O4/c1-4-15-9(13)7-10-6(5-11(7)2)8(12)14-3/h5H,4H2,1-3H3. The van der Waals surface area contributed by atoms with E-state index >= 15 is 0 Å². The Bertz CT molecular complexity index is 383. The number of hydrogen-bond acceptors (Lipinski definition) is 5. The summed E-state index contributed by atoms with van der Waals surface area (Å²) in [4.78, 5) is 26.3. The first kappa shape index (κ1) is 11.2. The summed E-state index contributed by atoms with van der Waals surface area (Å²) in [6.07, 6.45) is 1.41. The third kappa shape index (κ3) is 2.34. The predicted octanol–water partition coefficient (Wildman–Crippen LogP) is 0.383. The highest BCUT2D eigenvalue weighted by molar-refractivity contribution is 5.91. The molecule has 1 heterocycles. The first-order valence-corrected chi connectivity index (χ1v) is 4.39. The number of aromatic nitrogens is 2. The van der Waals surface area contributed by atoms with Gasteiger partial charge in [0.05, 0.1) is 13.7 Å². The number of nitrogens with zero attached hydrogens (tertiary/aromatic N) is 2. The maximum Gasteiger partial charge on any atom is 0.374 e. The Morgan fingerprint density at radius 3 is 2.67 bits per heavy atom. The van der Waals surface area contributed by atoms with Gasteiger partial charge in [-0.3, -0.25) is 0 Å². The minimum absolute atomic E-state index is 0.0808. The van der Waals surface area contributed by atoms with Crippen LogP contribution in [0.25, 0.3) is 0 Å². The lowest BCUT2D eigenvalue weighted by atomic mass is 10.5. The van der Waals surface area contributed by atoms with Crippen LogP contribution in [0.5, 0.6) is 0 Å². The first-order chi connectivity index (χ1) is 7.10. The van der Waals surface area contributed by atoms with Crippen LogP contribution in [-0.4, -0.2) is 35.2 Å². The van der Waals surface area contributed by atoms with Crippen LogP contribution in [0, 0.1) is 0 Å². The predicted molar refractivity (Wildman–Crippen MR) is 50.5 cm³/mol. The lowest BCUT2D eigenvalue weighted by molar-refractivity contribution is 0.0508. The summed E-state index contributed by atoms with van der Waals surface area (Å²) in [5, 5.41) is 0. The molecule has 0 saturated heterocycles. The summed E-state index contributed by atoms with van der Waals surface area (Å²) < 4.78 is 10.7. The number of aryl methyl sites for hydroxylation is 1.